The zero-order chi connectivity index (χ0) is 13.8. The van der Waals surface area contributed by atoms with E-state index >= 15 is 0 Å². The smallest absolute Gasteiger partial charge is 0.319 e. The highest BCUT2D eigenvalue weighted by Gasteiger charge is 2.17. The molecule has 0 aromatic heterocycles. The first kappa shape index (κ1) is 13.4. The molecule has 5 heteroatoms. The maximum absolute atomic E-state index is 11.8. The van der Waals surface area contributed by atoms with E-state index < -0.39 is 5.91 Å². The van der Waals surface area contributed by atoms with E-state index in [1.54, 1.807) is 25.1 Å². The quantitative estimate of drug-likeness (QED) is 0.779. The number of hydrogen-bond donors (Lipinski definition) is 3. The second-order valence-electron chi connectivity index (χ2n) is 4.97. The summed E-state index contributed by atoms with van der Waals surface area (Å²) in [5, 5.41) is 5.72. The fraction of sp³-hybridized carbons (Fsp3) is 0.429. The molecule has 102 valence electrons. The van der Waals surface area contributed by atoms with Gasteiger partial charge in [0.2, 0.25) is 5.91 Å². The first-order chi connectivity index (χ1) is 9.06. The second-order valence-corrected chi connectivity index (χ2v) is 4.97. The van der Waals surface area contributed by atoms with E-state index in [9.17, 15) is 9.59 Å². The summed E-state index contributed by atoms with van der Waals surface area (Å²) in [5.41, 5.74) is 7.13. The monoisotopic (exact) mass is 261 g/mol. The number of carbonyl (C=O) groups is 2. The van der Waals surface area contributed by atoms with Crippen LogP contribution in [0, 0.1) is 6.92 Å². The Bertz CT molecular complexity index is 493. The third-order valence-electron chi connectivity index (χ3n) is 3.44. The zero-order valence-corrected chi connectivity index (χ0v) is 11.0. The van der Waals surface area contributed by atoms with Crippen molar-refractivity contribution < 1.29 is 9.59 Å². The molecule has 0 unspecified atom stereocenters. The molecule has 1 aromatic carbocycles. The molecule has 0 radical (unpaired) electrons. The molecule has 0 atom stereocenters. The molecular weight excluding hydrogens is 242 g/mol. The molecule has 1 aliphatic rings. The van der Waals surface area contributed by atoms with E-state index in [0.717, 1.165) is 18.4 Å². The van der Waals surface area contributed by atoms with Crippen LogP contribution in [0.25, 0.3) is 0 Å². The lowest BCUT2D eigenvalue weighted by molar-refractivity contribution is 0.0999. The van der Waals surface area contributed by atoms with Crippen molar-refractivity contribution in [3.8, 4) is 0 Å². The molecule has 0 spiro atoms. The van der Waals surface area contributed by atoms with Crippen molar-refractivity contribution in [3.05, 3.63) is 29.3 Å². The van der Waals surface area contributed by atoms with Crippen LogP contribution < -0.4 is 16.4 Å². The number of aryl methyl sites for hydroxylation is 1. The van der Waals surface area contributed by atoms with Crippen molar-refractivity contribution in [1.82, 2.24) is 5.32 Å². The van der Waals surface area contributed by atoms with Crippen LogP contribution in [0.3, 0.4) is 0 Å². The predicted octanol–water partition coefficient (Wildman–Crippen LogP) is 2.16. The molecule has 2 rings (SSSR count). The summed E-state index contributed by atoms with van der Waals surface area (Å²) < 4.78 is 0. The molecule has 1 aromatic rings. The Morgan fingerprint density at radius 3 is 2.53 bits per heavy atom. The van der Waals surface area contributed by atoms with Gasteiger partial charge >= 0.3 is 6.03 Å². The summed E-state index contributed by atoms with van der Waals surface area (Å²) in [7, 11) is 0. The zero-order valence-electron chi connectivity index (χ0n) is 11.0. The number of nitrogens with two attached hydrogens (primary N) is 1. The number of nitrogens with one attached hydrogen (secondary N) is 2. The minimum Gasteiger partial charge on any atom is -0.366 e. The Morgan fingerprint density at radius 2 is 1.95 bits per heavy atom. The molecule has 1 aliphatic carbocycles. The molecule has 0 heterocycles. The van der Waals surface area contributed by atoms with Crippen LogP contribution >= 0.6 is 0 Å². The maximum Gasteiger partial charge on any atom is 0.319 e. The first-order valence-electron chi connectivity index (χ1n) is 6.54. The normalized spacial score (nSPS) is 15.2. The summed E-state index contributed by atoms with van der Waals surface area (Å²) in [4.78, 5) is 22.9. The number of anilines is 1. The summed E-state index contributed by atoms with van der Waals surface area (Å²) >= 11 is 0. The van der Waals surface area contributed by atoms with Crippen molar-refractivity contribution in [2.75, 3.05) is 5.32 Å². The van der Waals surface area contributed by atoms with Crippen LogP contribution in [0.2, 0.25) is 0 Å². The van der Waals surface area contributed by atoms with Gasteiger partial charge in [-0.15, -0.1) is 0 Å². The van der Waals surface area contributed by atoms with E-state index in [1.165, 1.54) is 12.8 Å². The SMILES string of the molecule is Cc1cc(NC(=O)NC2CCCC2)ccc1C(N)=O. The van der Waals surface area contributed by atoms with Crippen LogP contribution in [0.4, 0.5) is 10.5 Å². The molecule has 5 nitrogen and oxygen atoms in total. The number of carbonyl (C=O) groups excluding carboxylic acids is 2. The highest BCUT2D eigenvalue weighted by molar-refractivity contribution is 5.96. The van der Waals surface area contributed by atoms with Crippen LogP contribution in [0.15, 0.2) is 18.2 Å². The molecule has 19 heavy (non-hydrogen) atoms. The largest absolute Gasteiger partial charge is 0.366 e. The van der Waals surface area contributed by atoms with Gasteiger partial charge < -0.3 is 16.4 Å². The van der Waals surface area contributed by atoms with Crippen LogP contribution in [0.1, 0.15) is 41.6 Å². The van der Waals surface area contributed by atoms with Gasteiger partial charge in [-0.1, -0.05) is 12.8 Å². The highest BCUT2D eigenvalue weighted by atomic mass is 16.2. The molecular formula is C14H19N3O2. The van der Waals surface area contributed by atoms with Crippen LogP contribution in [-0.4, -0.2) is 18.0 Å². The average molecular weight is 261 g/mol. The summed E-state index contributed by atoms with van der Waals surface area (Å²) in [6, 6.07) is 5.14. The maximum atomic E-state index is 11.8. The predicted molar refractivity (Wildman–Crippen MR) is 74.1 cm³/mol. The van der Waals surface area contributed by atoms with Crippen molar-refractivity contribution in [2.24, 2.45) is 5.73 Å². The van der Waals surface area contributed by atoms with Crippen LogP contribution in [0.5, 0.6) is 0 Å². The lowest BCUT2D eigenvalue weighted by Crippen LogP contribution is -2.36. The van der Waals surface area contributed by atoms with Crippen LogP contribution in [-0.2, 0) is 0 Å². The number of primary amides is 1. The van der Waals surface area contributed by atoms with Gasteiger partial charge in [0.25, 0.3) is 0 Å². The van der Waals surface area contributed by atoms with E-state index in [0.29, 0.717) is 11.3 Å². The van der Waals surface area contributed by atoms with Crippen molar-refractivity contribution in [2.45, 2.75) is 38.6 Å². The van der Waals surface area contributed by atoms with Crippen molar-refractivity contribution in [3.63, 3.8) is 0 Å². The lowest BCUT2D eigenvalue weighted by atomic mass is 10.1. The third kappa shape index (κ3) is 3.47. The van der Waals surface area contributed by atoms with E-state index in [-0.39, 0.29) is 12.1 Å². The van der Waals surface area contributed by atoms with Crippen molar-refractivity contribution >= 4 is 17.6 Å². The van der Waals surface area contributed by atoms with Gasteiger partial charge in [0.15, 0.2) is 0 Å². The van der Waals surface area contributed by atoms with Crippen molar-refractivity contribution in [1.29, 1.82) is 0 Å². The second kappa shape index (κ2) is 5.73. The van der Waals surface area contributed by atoms with Gasteiger partial charge in [-0.25, -0.2) is 4.79 Å². The molecule has 0 saturated heterocycles. The fourth-order valence-electron chi connectivity index (χ4n) is 2.44. The minimum atomic E-state index is -0.459. The number of rotatable bonds is 3. The van der Waals surface area contributed by atoms with E-state index in [1.807, 2.05) is 0 Å². The van der Waals surface area contributed by atoms with Gasteiger partial charge in [0.1, 0.15) is 0 Å². The van der Waals surface area contributed by atoms with Gasteiger partial charge in [0.05, 0.1) is 0 Å². The molecule has 1 saturated carbocycles. The minimum absolute atomic E-state index is 0.196. The number of hydrogen-bond acceptors (Lipinski definition) is 2. The Balaban J connectivity index is 1.96. The summed E-state index contributed by atoms with van der Waals surface area (Å²) in [6.45, 7) is 1.79. The molecule has 3 amide bonds. The topological polar surface area (TPSA) is 84.2 Å². The number of amides is 3. The Morgan fingerprint density at radius 1 is 1.26 bits per heavy atom. The molecule has 1 fully saturated rings. The van der Waals surface area contributed by atoms with E-state index in [4.69, 9.17) is 5.73 Å². The Kier molecular flexibility index (Phi) is 4.04. The summed E-state index contributed by atoms with van der Waals surface area (Å²) in [6.07, 6.45) is 4.45. The number of urea groups is 1. The summed E-state index contributed by atoms with van der Waals surface area (Å²) in [5.74, 6) is -0.459. The van der Waals surface area contributed by atoms with Gasteiger partial charge in [0, 0.05) is 17.3 Å². The molecule has 4 N–H and O–H groups in total. The average Bonchev–Trinajstić information content (AvgIpc) is 2.81. The number of benzene rings is 1. The standard InChI is InChI=1S/C14H19N3O2/c1-9-8-11(6-7-12(9)13(15)18)17-14(19)16-10-4-2-3-5-10/h6-8,10H,2-5H2,1H3,(H2,15,18)(H2,16,17,19). The lowest BCUT2D eigenvalue weighted by Gasteiger charge is -2.13. The van der Waals surface area contributed by atoms with Gasteiger partial charge in [-0.05, 0) is 43.5 Å². The first-order valence-corrected chi connectivity index (χ1v) is 6.54. The third-order valence-corrected chi connectivity index (χ3v) is 3.44. The Labute approximate surface area is 112 Å². The fourth-order valence-corrected chi connectivity index (χ4v) is 2.44. The van der Waals surface area contributed by atoms with Gasteiger partial charge in [-0.3, -0.25) is 4.79 Å². The van der Waals surface area contributed by atoms with Gasteiger partial charge in [-0.2, -0.15) is 0 Å². The molecule has 0 bridgehead atoms. The Hall–Kier alpha value is -2.04. The highest BCUT2D eigenvalue weighted by Crippen LogP contribution is 2.18. The molecule has 0 aliphatic heterocycles. The van der Waals surface area contributed by atoms with E-state index in [2.05, 4.69) is 10.6 Å².